The van der Waals surface area contributed by atoms with Crippen LogP contribution >= 0.6 is 11.6 Å². The second-order valence-electron chi connectivity index (χ2n) is 4.99. The predicted molar refractivity (Wildman–Crippen MR) is 81.4 cm³/mol. The first-order chi connectivity index (χ1) is 9.39. The van der Waals surface area contributed by atoms with Crippen molar-refractivity contribution < 1.29 is 8.42 Å². The third-order valence-corrected chi connectivity index (χ3v) is 5.79. The van der Waals surface area contributed by atoms with Crippen LogP contribution < -0.4 is 0 Å². The molecule has 0 saturated heterocycles. The summed E-state index contributed by atoms with van der Waals surface area (Å²) in [5.41, 5.74) is 1.27. The highest BCUT2D eigenvalue weighted by atomic mass is 35.5. The number of aromatic nitrogens is 2. The van der Waals surface area contributed by atoms with Gasteiger partial charge in [-0.15, -0.1) is 11.6 Å². The Morgan fingerprint density at radius 1 is 1.40 bits per heavy atom. The molecule has 0 fully saturated rings. The lowest BCUT2D eigenvalue weighted by molar-refractivity contribution is 0.323. The molecule has 1 atom stereocenters. The molecule has 0 amide bonds. The number of halogens is 1. The van der Waals surface area contributed by atoms with E-state index in [1.54, 1.807) is 11.2 Å². The fraction of sp³-hybridized carbons (Fsp3) is 0.769. The van der Waals surface area contributed by atoms with Crippen molar-refractivity contribution in [1.29, 1.82) is 0 Å². The number of hydrogen-bond acceptors (Lipinski definition) is 3. The summed E-state index contributed by atoms with van der Waals surface area (Å²) < 4.78 is 27.2. The highest BCUT2D eigenvalue weighted by molar-refractivity contribution is 7.89. The molecule has 0 bridgehead atoms. The van der Waals surface area contributed by atoms with Crippen molar-refractivity contribution >= 4 is 21.6 Å². The summed E-state index contributed by atoms with van der Waals surface area (Å²) in [5, 5.41) is 6.76. The molecule has 7 heteroatoms. The third kappa shape index (κ3) is 3.54. The standard InChI is InChI=1S/C13H24ClN3O2S/c1-5-7-8-17(10(3)6-2)20(18,19)13-12(9-14)11(4)15-16-13/h10H,5-9H2,1-4H3,(H,15,16). The fourth-order valence-electron chi connectivity index (χ4n) is 2.01. The Balaban J connectivity index is 3.21. The molecule has 1 aromatic heterocycles. The van der Waals surface area contributed by atoms with Crippen molar-refractivity contribution in [3.05, 3.63) is 11.3 Å². The summed E-state index contributed by atoms with van der Waals surface area (Å²) in [5.74, 6) is 0.138. The van der Waals surface area contributed by atoms with Crippen LogP contribution in [0.5, 0.6) is 0 Å². The van der Waals surface area contributed by atoms with Gasteiger partial charge < -0.3 is 0 Å². The number of rotatable bonds is 8. The van der Waals surface area contributed by atoms with Crippen LogP contribution in [0.15, 0.2) is 5.03 Å². The van der Waals surface area contributed by atoms with E-state index in [0.29, 0.717) is 17.8 Å². The average molecular weight is 322 g/mol. The summed E-state index contributed by atoms with van der Waals surface area (Å²) >= 11 is 5.86. The summed E-state index contributed by atoms with van der Waals surface area (Å²) in [6.07, 6.45) is 2.55. The summed E-state index contributed by atoms with van der Waals surface area (Å²) in [6, 6.07) is -0.0493. The van der Waals surface area contributed by atoms with Gasteiger partial charge in [0.05, 0.1) is 5.88 Å². The van der Waals surface area contributed by atoms with Crippen molar-refractivity contribution in [1.82, 2.24) is 14.5 Å². The van der Waals surface area contributed by atoms with Gasteiger partial charge in [0.15, 0.2) is 5.03 Å². The maximum Gasteiger partial charge on any atom is 0.262 e. The van der Waals surface area contributed by atoms with Gasteiger partial charge in [-0.05, 0) is 26.7 Å². The molecule has 0 saturated carbocycles. The summed E-state index contributed by atoms with van der Waals surface area (Å²) in [7, 11) is -3.60. The lowest BCUT2D eigenvalue weighted by atomic mass is 10.2. The molecule has 1 N–H and O–H groups in total. The molecule has 20 heavy (non-hydrogen) atoms. The van der Waals surface area contributed by atoms with Gasteiger partial charge in [-0.1, -0.05) is 20.3 Å². The molecular weight excluding hydrogens is 298 g/mol. The zero-order valence-corrected chi connectivity index (χ0v) is 14.2. The Morgan fingerprint density at radius 3 is 2.55 bits per heavy atom. The second-order valence-corrected chi connectivity index (χ2v) is 7.07. The minimum atomic E-state index is -3.60. The average Bonchev–Trinajstić information content (AvgIpc) is 2.80. The molecule has 1 unspecified atom stereocenters. The van der Waals surface area contributed by atoms with Crippen molar-refractivity contribution in [2.24, 2.45) is 0 Å². The van der Waals surface area contributed by atoms with Crippen LogP contribution in [0.25, 0.3) is 0 Å². The minimum Gasteiger partial charge on any atom is -0.281 e. The Hall–Kier alpha value is -0.590. The van der Waals surface area contributed by atoms with Crippen LogP contribution in [0.3, 0.4) is 0 Å². The molecule has 0 spiro atoms. The number of unbranched alkanes of at least 4 members (excludes halogenated alkanes) is 1. The molecule has 0 aliphatic rings. The van der Waals surface area contributed by atoms with E-state index < -0.39 is 10.0 Å². The van der Waals surface area contributed by atoms with Gasteiger partial charge in [0.2, 0.25) is 0 Å². The summed E-state index contributed by atoms with van der Waals surface area (Å²) in [4.78, 5) is 0. The van der Waals surface area contributed by atoms with E-state index in [1.807, 2.05) is 20.8 Å². The van der Waals surface area contributed by atoms with Crippen molar-refractivity contribution in [2.45, 2.75) is 63.9 Å². The van der Waals surface area contributed by atoms with Gasteiger partial charge in [-0.2, -0.15) is 9.40 Å². The van der Waals surface area contributed by atoms with Crippen molar-refractivity contribution in [2.75, 3.05) is 6.54 Å². The maximum atomic E-state index is 12.8. The van der Waals surface area contributed by atoms with E-state index in [9.17, 15) is 8.42 Å². The fourth-order valence-corrected chi connectivity index (χ4v) is 4.33. The molecule has 116 valence electrons. The Morgan fingerprint density at radius 2 is 2.05 bits per heavy atom. The van der Waals surface area contributed by atoms with Crippen molar-refractivity contribution in [3.63, 3.8) is 0 Å². The first-order valence-corrected chi connectivity index (χ1v) is 8.99. The van der Waals surface area contributed by atoms with Crippen LogP contribution in [0.1, 0.15) is 51.3 Å². The first kappa shape index (κ1) is 17.5. The largest absolute Gasteiger partial charge is 0.281 e. The zero-order valence-electron chi connectivity index (χ0n) is 12.6. The number of hydrogen-bond donors (Lipinski definition) is 1. The number of nitrogens with one attached hydrogen (secondary N) is 1. The van der Waals surface area contributed by atoms with Gasteiger partial charge in [-0.3, -0.25) is 5.10 Å². The molecule has 5 nitrogen and oxygen atoms in total. The molecule has 0 aliphatic heterocycles. The quantitative estimate of drug-likeness (QED) is 0.748. The van der Waals surface area contributed by atoms with Crippen LogP contribution in [0.2, 0.25) is 0 Å². The zero-order chi connectivity index (χ0) is 15.3. The lowest BCUT2D eigenvalue weighted by Gasteiger charge is -2.27. The topological polar surface area (TPSA) is 66.1 Å². The third-order valence-electron chi connectivity index (χ3n) is 3.54. The number of alkyl halides is 1. The van der Waals surface area contributed by atoms with E-state index in [1.165, 1.54) is 0 Å². The van der Waals surface area contributed by atoms with Gasteiger partial charge >= 0.3 is 0 Å². The van der Waals surface area contributed by atoms with Gasteiger partial charge in [0.1, 0.15) is 0 Å². The van der Waals surface area contributed by atoms with Crippen LogP contribution in [0.4, 0.5) is 0 Å². The minimum absolute atomic E-state index is 0.0493. The maximum absolute atomic E-state index is 12.8. The first-order valence-electron chi connectivity index (χ1n) is 7.01. The highest BCUT2D eigenvalue weighted by Gasteiger charge is 2.32. The van der Waals surface area contributed by atoms with Crippen LogP contribution in [-0.2, 0) is 15.9 Å². The number of aryl methyl sites for hydroxylation is 1. The lowest BCUT2D eigenvalue weighted by Crippen LogP contribution is -2.39. The highest BCUT2D eigenvalue weighted by Crippen LogP contribution is 2.24. The normalized spacial score (nSPS) is 13.9. The molecule has 1 aromatic rings. The van der Waals surface area contributed by atoms with Gasteiger partial charge in [0, 0.05) is 23.8 Å². The number of nitrogens with zero attached hydrogens (tertiary/aromatic N) is 2. The van der Waals surface area contributed by atoms with E-state index in [0.717, 1.165) is 19.3 Å². The number of H-pyrrole nitrogens is 1. The van der Waals surface area contributed by atoms with E-state index in [4.69, 9.17) is 11.6 Å². The SMILES string of the molecule is CCCCN(C(C)CC)S(=O)(=O)c1n[nH]c(C)c1CCl. The molecule has 1 heterocycles. The molecule has 0 aliphatic carbocycles. The van der Waals surface area contributed by atoms with E-state index in [-0.39, 0.29) is 16.9 Å². The number of sulfonamides is 1. The predicted octanol–water partition coefficient (Wildman–Crippen LogP) is 3.05. The number of aromatic amines is 1. The van der Waals surface area contributed by atoms with Gasteiger partial charge in [0.25, 0.3) is 10.0 Å². The molecule has 1 rings (SSSR count). The smallest absolute Gasteiger partial charge is 0.262 e. The van der Waals surface area contributed by atoms with Crippen LogP contribution in [0, 0.1) is 6.92 Å². The molecular formula is C13H24ClN3O2S. The second kappa shape index (κ2) is 7.43. The molecule has 0 aromatic carbocycles. The Bertz CT molecular complexity index is 528. The Kier molecular flexibility index (Phi) is 6.48. The van der Waals surface area contributed by atoms with Gasteiger partial charge in [-0.25, -0.2) is 8.42 Å². The summed E-state index contributed by atoms with van der Waals surface area (Å²) in [6.45, 7) is 8.25. The molecule has 0 radical (unpaired) electrons. The van der Waals surface area contributed by atoms with Crippen molar-refractivity contribution in [3.8, 4) is 0 Å². The Labute approximate surface area is 126 Å². The van der Waals surface area contributed by atoms with Crippen LogP contribution in [-0.4, -0.2) is 35.5 Å². The monoisotopic (exact) mass is 321 g/mol. The van der Waals surface area contributed by atoms with E-state index in [2.05, 4.69) is 10.2 Å². The van der Waals surface area contributed by atoms with E-state index >= 15 is 0 Å².